The molecule has 174 valence electrons. The Morgan fingerprint density at radius 2 is 1.75 bits per heavy atom. The Kier molecular flexibility index (Phi) is 6.52. The van der Waals surface area contributed by atoms with Gasteiger partial charge in [-0.2, -0.15) is 13.2 Å². The normalized spacial score (nSPS) is 22.2. The van der Waals surface area contributed by atoms with E-state index in [2.05, 4.69) is 4.74 Å². The number of hydrogen-bond donors (Lipinski definition) is 1. The summed E-state index contributed by atoms with van der Waals surface area (Å²) in [6.45, 7) is 1.28. The number of allylic oxidation sites excluding steroid dienone is 1. The second-order valence-electron chi connectivity index (χ2n) is 7.82. The van der Waals surface area contributed by atoms with Gasteiger partial charge in [0.2, 0.25) is 0 Å². The van der Waals surface area contributed by atoms with E-state index in [9.17, 15) is 27.6 Å². The summed E-state index contributed by atoms with van der Waals surface area (Å²) < 4.78 is 53.6. The molecule has 2 aliphatic rings. The summed E-state index contributed by atoms with van der Waals surface area (Å²) >= 11 is 0. The smallest absolute Gasteiger partial charge is 0.425 e. The van der Waals surface area contributed by atoms with E-state index in [0.717, 1.165) is 31.3 Å². The molecule has 7 nitrogen and oxygen atoms in total. The molecule has 0 radical (unpaired) electrons. The Bertz CT molecular complexity index is 953. The second-order valence-corrected chi connectivity index (χ2v) is 7.82. The van der Waals surface area contributed by atoms with Gasteiger partial charge in [0.1, 0.15) is 11.3 Å². The minimum absolute atomic E-state index is 0.0252. The molecule has 1 atom stereocenters. The molecule has 3 rings (SSSR count). The molecule has 1 aromatic rings. The fraction of sp³-hybridized carbons (Fsp3) is 0.500. The van der Waals surface area contributed by atoms with Gasteiger partial charge in [-0.1, -0.05) is 31.4 Å². The number of nitrogens with one attached hydrogen (secondary N) is 1. The van der Waals surface area contributed by atoms with Gasteiger partial charge in [0.15, 0.2) is 0 Å². The number of benzene rings is 1. The SMILES string of the molecule is COC(=O)C1=C(C)N(C2CCCCC2)C(=O)C1(NC(=O)c1ccccc1OC)C(F)(F)F. The number of methoxy groups -OCH3 is 2. The minimum Gasteiger partial charge on any atom is -0.496 e. The Balaban J connectivity index is 2.16. The molecular weight excluding hydrogens is 429 g/mol. The quantitative estimate of drug-likeness (QED) is 0.690. The lowest BCUT2D eigenvalue weighted by molar-refractivity contribution is -0.193. The van der Waals surface area contributed by atoms with Crippen LogP contribution in [0.1, 0.15) is 49.4 Å². The highest BCUT2D eigenvalue weighted by Gasteiger charge is 2.71. The molecule has 1 unspecified atom stereocenters. The number of nitrogens with zero attached hydrogens (tertiary/aromatic N) is 1. The molecule has 1 aromatic carbocycles. The van der Waals surface area contributed by atoms with Crippen molar-refractivity contribution in [2.45, 2.75) is 56.8 Å². The molecule has 0 saturated heterocycles. The van der Waals surface area contributed by atoms with E-state index >= 15 is 0 Å². The molecule has 1 aliphatic heterocycles. The zero-order valence-corrected chi connectivity index (χ0v) is 18.0. The first kappa shape index (κ1) is 23.6. The van der Waals surface area contributed by atoms with E-state index in [4.69, 9.17) is 4.74 Å². The highest BCUT2D eigenvalue weighted by Crippen LogP contribution is 2.47. The average Bonchev–Trinajstić information content (AvgIpc) is 3.00. The van der Waals surface area contributed by atoms with Gasteiger partial charge in [-0.05, 0) is 31.9 Å². The predicted molar refractivity (Wildman–Crippen MR) is 108 cm³/mol. The van der Waals surface area contributed by atoms with Crippen LogP contribution in [0.5, 0.6) is 5.75 Å². The van der Waals surface area contributed by atoms with Gasteiger partial charge >= 0.3 is 12.1 Å². The van der Waals surface area contributed by atoms with E-state index in [1.165, 1.54) is 32.2 Å². The highest BCUT2D eigenvalue weighted by molar-refractivity contribution is 6.12. The molecule has 1 heterocycles. The predicted octanol–water partition coefficient (Wildman–Crippen LogP) is 3.35. The van der Waals surface area contributed by atoms with E-state index in [0.29, 0.717) is 12.8 Å². The molecular formula is C22H25F3N2O5. The van der Waals surface area contributed by atoms with Crippen LogP contribution in [0.25, 0.3) is 0 Å². The third kappa shape index (κ3) is 3.71. The number of alkyl halides is 3. The van der Waals surface area contributed by atoms with E-state index in [1.54, 1.807) is 6.07 Å². The van der Waals surface area contributed by atoms with Crippen molar-refractivity contribution >= 4 is 17.8 Å². The number of esters is 1. The number of halogens is 3. The summed E-state index contributed by atoms with van der Waals surface area (Å²) in [5.74, 6) is -3.91. The monoisotopic (exact) mass is 454 g/mol. The second kappa shape index (κ2) is 8.84. The number of para-hydroxylation sites is 1. The van der Waals surface area contributed by atoms with Gasteiger partial charge in [0.05, 0.1) is 19.8 Å². The van der Waals surface area contributed by atoms with Crippen molar-refractivity contribution in [3.8, 4) is 5.75 Å². The van der Waals surface area contributed by atoms with Crippen molar-refractivity contribution in [1.82, 2.24) is 10.2 Å². The lowest BCUT2D eigenvalue weighted by Gasteiger charge is -2.36. The zero-order chi connectivity index (χ0) is 23.7. The van der Waals surface area contributed by atoms with Crippen LogP contribution in [0, 0.1) is 0 Å². The fourth-order valence-corrected chi connectivity index (χ4v) is 4.53. The van der Waals surface area contributed by atoms with Crippen LogP contribution in [0.3, 0.4) is 0 Å². The van der Waals surface area contributed by atoms with Crippen LogP contribution in [-0.2, 0) is 14.3 Å². The van der Waals surface area contributed by atoms with Crippen molar-refractivity contribution in [3.63, 3.8) is 0 Å². The number of hydrogen-bond acceptors (Lipinski definition) is 5. The highest BCUT2D eigenvalue weighted by atomic mass is 19.4. The number of amides is 2. The molecule has 1 aliphatic carbocycles. The van der Waals surface area contributed by atoms with E-state index in [-0.39, 0.29) is 17.0 Å². The van der Waals surface area contributed by atoms with Crippen LogP contribution >= 0.6 is 0 Å². The molecule has 2 amide bonds. The fourth-order valence-electron chi connectivity index (χ4n) is 4.53. The largest absolute Gasteiger partial charge is 0.496 e. The summed E-state index contributed by atoms with van der Waals surface area (Å²) in [4.78, 5) is 40.0. The van der Waals surface area contributed by atoms with Crippen molar-refractivity contribution in [1.29, 1.82) is 0 Å². The van der Waals surface area contributed by atoms with Gasteiger partial charge in [-0.3, -0.25) is 9.59 Å². The van der Waals surface area contributed by atoms with Gasteiger partial charge in [-0.15, -0.1) is 0 Å². The molecule has 1 N–H and O–H groups in total. The van der Waals surface area contributed by atoms with Gasteiger partial charge in [0, 0.05) is 11.7 Å². The first-order valence-electron chi connectivity index (χ1n) is 10.3. The molecule has 0 spiro atoms. The Morgan fingerprint density at radius 3 is 2.31 bits per heavy atom. The van der Waals surface area contributed by atoms with Crippen LogP contribution in [0.15, 0.2) is 35.5 Å². The summed E-state index contributed by atoms with van der Waals surface area (Å²) in [5.41, 5.74) is -4.86. The Morgan fingerprint density at radius 1 is 1.12 bits per heavy atom. The topological polar surface area (TPSA) is 84.9 Å². The summed E-state index contributed by atoms with van der Waals surface area (Å²) in [5, 5.41) is 1.84. The first-order chi connectivity index (χ1) is 15.1. The molecule has 1 fully saturated rings. The van der Waals surface area contributed by atoms with Crippen LogP contribution < -0.4 is 10.1 Å². The summed E-state index contributed by atoms with van der Waals surface area (Å²) in [6, 6.07) is 5.17. The van der Waals surface area contributed by atoms with Crippen molar-refractivity contribution < 1.29 is 37.0 Å². The lowest BCUT2D eigenvalue weighted by atomic mass is 9.88. The Labute approximate surface area is 183 Å². The lowest BCUT2D eigenvalue weighted by Crippen LogP contribution is -2.66. The number of rotatable bonds is 5. The number of carbonyl (C=O) groups excluding carboxylic acids is 3. The van der Waals surface area contributed by atoms with Gasteiger partial charge in [-0.25, -0.2) is 4.79 Å². The molecule has 1 saturated carbocycles. The van der Waals surface area contributed by atoms with Crippen molar-refractivity contribution in [3.05, 3.63) is 41.1 Å². The standard InChI is InChI=1S/C22H25F3N2O5/c1-13-17(19(29)32-3)21(22(23,24)25,20(30)27(13)14-9-5-4-6-10-14)26-18(28)15-11-7-8-12-16(15)31-2/h7-8,11-12,14H,4-6,9-10H2,1-3H3,(H,26,28). The average molecular weight is 454 g/mol. The summed E-state index contributed by atoms with van der Waals surface area (Å²) in [6.07, 6.45) is -1.88. The van der Waals surface area contributed by atoms with Crippen LogP contribution in [0.4, 0.5) is 13.2 Å². The maximum Gasteiger partial charge on any atom is 0.425 e. The van der Waals surface area contributed by atoms with E-state index in [1.807, 2.05) is 5.32 Å². The third-order valence-corrected chi connectivity index (χ3v) is 6.04. The molecule has 32 heavy (non-hydrogen) atoms. The molecule has 0 aromatic heterocycles. The van der Waals surface area contributed by atoms with E-state index < -0.39 is 41.1 Å². The molecule has 10 heteroatoms. The molecule has 0 bridgehead atoms. The minimum atomic E-state index is -5.31. The number of carbonyl (C=O) groups is 3. The Hall–Kier alpha value is -3.04. The van der Waals surface area contributed by atoms with Crippen molar-refractivity contribution in [2.24, 2.45) is 0 Å². The summed E-state index contributed by atoms with van der Waals surface area (Å²) in [7, 11) is 2.20. The van der Waals surface area contributed by atoms with Crippen LogP contribution in [-0.4, -0.2) is 54.7 Å². The maximum atomic E-state index is 14.7. The van der Waals surface area contributed by atoms with Crippen LogP contribution in [0.2, 0.25) is 0 Å². The third-order valence-electron chi connectivity index (χ3n) is 6.04. The van der Waals surface area contributed by atoms with Crippen molar-refractivity contribution in [2.75, 3.05) is 14.2 Å². The van der Waals surface area contributed by atoms with Gasteiger partial charge < -0.3 is 19.7 Å². The zero-order valence-electron chi connectivity index (χ0n) is 18.0. The number of ether oxygens (including phenoxy) is 2. The first-order valence-corrected chi connectivity index (χ1v) is 10.3. The van der Waals surface area contributed by atoms with Gasteiger partial charge in [0.25, 0.3) is 17.4 Å². The maximum absolute atomic E-state index is 14.7.